The molecule has 0 aliphatic carbocycles. The minimum Gasteiger partial charge on any atom is -0.508 e. The van der Waals surface area contributed by atoms with Crippen molar-refractivity contribution < 1.29 is 13.5 Å². The molecule has 0 saturated carbocycles. The third kappa shape index (κ3) is 3.69. The molecule has 0 spiro atoms. The molecule has 0 unspecified atom stereocenters. The average Bonchev–Trinajstić information content (AvgIpc) is 2.37. The number of anilines is 1. The largest absolute Gasteiger partial charge is 0.508 e. The Labute approximate surface area is 111 Å². The van der Waals surface area contributed by atoms with Crippen molar-refractivity contribution in [2.75, 3.05) is 11.6 Å². The molecule has 100 valence electrons. The fourth-order valence-electron chi connectivity index (χ4n) is 1.52. The number of hydrogen-bond acceptors (Lipinski definition) is 5. The molecular weight excluding hydrogens is 264 g/mol. The van der Waals surface area contributed by atoms with Crippen LogP contribution in [0.25, 0.3) is 0 Å². The van der Waals surface area contributed by atoms with Crippen LogP contribution in [-0.2, 0) is 16.4 Å². The maximum atomic E-state index is 11.2. The predicted molar refractivity (Wildman–Crippen MR) is 72.8 cm³/mol. The van der Waals surface area contributed by atoms with Crippen LogP contribution < -0.4 is 5.32 Å². The highest BCUT2D eigenvalue weighted by atomic mass is 32.2. The molecule has 0 bridgehead atoms. The number of benzene rings is 1. The summed E-state index contributed by atoms with van der Waals surface area (Å²) in [5, 5.41) is 12.3. The van der Waals surface area contributed by atoms with E-state index in [2.05, 4.69) is 10.3 Å². The number of rotatable bonds is 4. The molecule has 0 amide bonds. The number of aromatic nitrogens is 1. The van der Waals surface area contributed by atoms with Crippen molar-refractivity contribution in [3.63, 3.8) is 0 Å². The van der Waals surface area contributed by atoms with Gasteiger partial charge in [-0.2, -0.15) is 0 Å². The highest BCUT2D eigenvalue weighted by Gasteiger charge is 2.07. The van der Waals surface area contributed by atoms with Crippen LogP contribution >= 0.6 is 0 Å². The van der Waals surface area contributed by atoms with Gasteiger partial charge in [0.25, 0.3) is 0 Å². The molecule has 0 radical (unpaired) electrons. The molecule has 2 rings (SSSR count). The van der Waals surface area contributed by atoms with Gasteiger partial charge in [-0.1, -0.05) is 12.1 Å². The molecule has 0 fully saturated rings. The van der Waals surface area contributed by atoms with Crippen molar-refractivity contribution in [1.29, 1.82) is 0 Å². The topological polar surface area (TPSA) is 79.3 Å². The number of pyridine rings is 1. The Morgan fingerprint density at radius 3 is 2.37 bits per heavy atom. The molecule has 1 aromatic carbocycles. The fourth-order valence-corrected chi connectivity index (χ4v) is 2.08. The third-order valence-corrected chi connectivity index (χ3v) is 3.55. The van der Waals surface area contributed by atoms with Gasteiger partial charge in [-0.25, -0.2) is 13.4 Å². The van der Waals surface area contributed by atoms with E-state index in [4.69, 9.17) is 5.11 Å². The Hall–Kier alpha value is -2.08. The number of phenols is 1. The number of hydrogen-bond donors (Lipinski definition) is 2. The molecular formula is C13H14N2O3S. The van der Waals surface area contributed by atoms with E-state index in [1.165, 1.54) is 12.3 Å². The zero-order valence-corrected chi connectivity index (χ0v) is 11.2. The second-order valence-electron chi connectivity index (χ2n) is 4.18. The van der Waals surface area contributed by atoms with Gasteiger partial charge < -0.3 is 10.4 Å². The SMILES string of the molecule is CS(=O)(=O)c1ccc(NCc2ccc(O)cc2)cn1. The fraction of sp³-hybridized carbons (Fsp3) is 0.154. The lowest BCUT2D eigenvalue weighted by Gasteiger charge is -2.06. The standard InChI is InChI=1S/C13H14N2O3S/c1-19(17,18)13-7-4-11(9-15-13)14-8-10-2-5-12(16)6-3-10/h2-7,9,14,16H,8H2,1H3. The van der Waals surface area contributed by atoms with Crippen molar-refractivity contribution in [2.24, 2.45) is 0 Å². The van der Waals surface area contributed by atoms with Crippen molar-refractivity contribution in [2.45, 2.75) is 11.6 Å². The molecule has 0 atom stereocenters. The lowest BCUT2D eigenvalue weighted by molar-refractivity contribution is 0.475. The summed E-state index contributed by atoms with van der Waals surface area (Å²) in [4.78, 5) is 3.89. The molecule has 2 N–H and O–H groups in total. The normalized spacial score (nSPS) is 11.2. The molecule has 0 aliphatic rings. The van der Waals surface area contributed by atoms with E-state index in [-0.39, 0.29) is 10.8 Å². The average molecular weight is 278 g/mol. The van der Waals surface area contributed by atoms with Crippen LogP contribution in [0.2, 0.25) is 0 Å². The Bertz CT molecular complexity index is 649. The minimum atomic E-state index is -3.26. The van der Waals surface area contributed by atoms with Crippen LogP contribution in [0.3, 0.4) is 0 Å². The predicted octanol–water partition coefficient (Wildman–Crippen LogP) is 1.80. The van der Waals surface area contributed by atoms with E-state index < -0.39 is 9.84 Å². The van der Waals surface area contributed by atoms with Gasteiger partial charge in [0.05, 0.1) is 11.9 Å². The number of aromatic hydroxyl groups is 1. The number of phenolic OH excluding ortho intramolecular Hbond substituents is 1. The van der Waals surface area contributed by atoms with Crippen molar-refractivity contribution in [3.8, 4) is 5.75 Å². The summed E-state index contributed by atoms with van der Waals surface area (Å²) in [6.07, 6.45) is 2.61. The maximum absolute atomic E-state index is 11.2. The van der Waals surface area contributed by atoms with Crippen molar-refractivity contribution >= 4 is 15.5 Å². The summed E-state index contributed by atoms with van der Waals surface area (Å²) in [6, 6.07) is 9.98. The highest BCUT2D eigenvalue weighted by molar-refractivity contribution is 7.90. The van der Waals surface area contributed by atoms with Gasteiger partial charge in [-0.3, -0.25) is 0 Å². The third-order valence-electron chi connectivity index (χ3n) is 2.55. The first-order valence-electron chi connectivity index (χ1n) is 5.63. The van der Waals surface area contributed by atoms with E-state index in [0.29, 0.717) is 6.54 Å². The summed E-state index contributed by atoms with van der Waals surface area (Å²) in [6.45, 7) is 0.570. The molecule has 5 nitrogen and oxygen atoms in total. The van der Waals surface area contributed by atoms with Crippen LogP contribution in [0, 0.1) is 0 Å². The quantitative estimate of drug-likeness (QED) is 0.891. The van der Waals surface area contributed by atoms with Gasteiger partial charge in [-0.15, -0.1) is 0 Å². The smallest absolute Gasteiger partial charge is 0.192 e. The second kappa shape index (κ2) is 5.27. The summed E-state index contributed by atoms with van der Waals surface area (Å²) in [7, 11) is -3.26. The Balaban J connectivity index is 2.02. The van der Waals surface area contributed by atoms with Crippen LogP contribution in [0.15, 0.2) is 47.6 Å². The zero-order chi connectivity index (χ0) is 13.9. The van der Waals surface area contributed by atoms with E-state index in [1.54, 1.807) is 30.3 Å². The first-order chi connectivity index (χ1) is 8.95. The van der Waals surface area contributed by atoms with Gasteiger partial charge >= 0.3 is 0 Å². The molecule has 1 aromatic heterocycles. The van der Waals surface area contributed by atoms with Gasteiger partial charge in [0, 0.05) is 12.8 Å². The first-order valence-corrected chi connectivity index (χ1v) is 7.52. The van der Waals surface area contributed by atoms with Crippen molar-refractivity contribution in [1.82, 2.24) is 4.98 Å². The first kappa shape index (κ1) is 13.4. The lowest BCUT2D eigenvalue weighted by Crippen LogP contribution is -2.03. The van der Waals surface area contributed by atoms with Crippen LogP contribution in [0.4, 0.5) is 5.69 Å². The summed E-state index contributed by atoms with van der Waals surface area (Å²) in [5.41, 5.74) is 1.74. The summed E-state index contributed by atoms with van der Waals surface area (Å²) < 4.78 is 22.5. The van der Waals surface area contributed by atoms with Crippen LogP contribution in [0.1, 0.15) is 5.56 Å². The molecule has 0 aliphatic heterocycles. The van der Waals surface area contributed by atoms with Gasteiger partial charge in [-0.05, 0) is 29.8 Å². The van der Waals surface area contributed by atoms with Gasteiger partial charge in [0.1, 0.15) is 5.75 Å². The van der Waals surface area contributed by atoms with Crippen molar-refractivity contribution in [3.05, 3.63) is 48.2 Å². The Morgan fingerprint density at radius 1 is 1.16 bits per heavy atom. The molecule has 0 saturated heterocycles. The summed E-state index contributed by atoms with van der Waals surface area (Å²) in [5.74, 6) is 0.225. The maximum Gasteiger partial charge on any atom is 0.192 e. The minimum absolute atomic E-state index is 0.0580. The second-order valence-corrected chi connectivity index (χ2v) is 6.14. The number of sulfone groups is 1. The van der Waals surface area contributed by atoms with E-state index >= 15 is 0 Å². The lowest BCUT2D eigenvalue weighted by atomic mass is 10.2. The van der Waals surface area contributed by atoms with E-state index in [1.807, 2.05) is 0 Å². The van der Waals surface area contributed by atoms with Crippen LogP contribution in [0.5, 0.6) is 5.75 Å². The zero-order valence-electron chi connectivity index (χ0n) is 10.4. The summed E-state index contributed by atoms with van der Waals surface area (Å²) >= 11 is 0. The van der Waals surface area contributed by atoms with E-state index in [9.17, 15) is 8.42 Å². The van der Waals surface area contributed by atoms with E-state index in [0.717, 1.165) is 17.5 Å². The molecule has 6 heteroatoms. The Kier molecular flexibility index (Phi) is 3.71. The highest BCUT2D eigenvalue weighted by Crippen LogP contribution is 2.13. The number of nitrogens with zero attached hydrogens (tertiary/aromatic N) is 1. The van der Waals surface area contributed by atoms with Crippen LogP contribution in [-0.4, -0.2) is 24.8 Å². The monoisotopic (exact) mass is 278 g/mol. The van der Waals surface area contributed by atoms with Gasteiger partial charge in [0.15, 0.2) is 14.9 Å². The molecule has 1 heterocycles. The van der Waals surface area contributed by atoms with Gasteiger partial charge in [0.2, 0.25) is 0 Å². The number of nitrogens with one attached hydrogen (secondary N) is 1. The molecule has 19 heavy (non-hydrogen) atoms. The molecule has 2 aromatic rings. The Morgan fingerprint density at radius 2 is 1.84 bits per heavy atom.